The third-order valence-corrected chi connectivity index (χ3v) is 4.03. The number of urea groups is 1. The van der Waals surface area contributed by atoms with Gasteiger partial charge in [0.25, 0.3) is 0 Å². The standard InChI is InChI=1S/C16H23N7O/c1-10(2)19-16(24)20-12-5-4-11(8-12)13-9-14(23-22-13)21-15-17-6-3-7-18-15/h3,6-7,9-12H,4-5,8H2,1-2H3,(H2,19,20,24)(H2,17,18,21,22,23)/t11-,12+/m1/s1. The van der Waals surface area contributed by atoms with Gasteiger partial charge >= 0.3 is 6.03 Å². The van der Waals surface area contributed by atoms with Gasteiger partial charge in [0.05, 0.1) is 0 Å². The number of carbonyl (C=O) groups excluding carboxylic acids is 1. The van der Waals surface area contributed by atoms with E-state index in [9.17, 15) is 4.79 Å². The molecule has 2 heterocycles. The summed E-state index contributed by atoms with van der Waals surface area (Å²) >= 11 is 0. The van der Waals surface area contributed by atoms with Crippen LogP contribution in [-0.4, -0.2) is 38.3 Å². The van der Waals surface area contributed by atoms with Gasteiger partial charge in [0.1, 0.15) is 0 Å². The summed E-state index contributed by atoms with van der Waals surface area (Å²) in [5.74, 6) is 1.59. The quantitative estimate of drug-likeness (QED) is 0.673. The Labute approximate surface area is 140 Å². The van der Waals surface area contributed by atoms with Crippen molar-refractivity contribution in [2.75, 3.05) is 5.32 Å². The van der Waals surface area contributed by atoms with E-state index in [0.29, 0.717) is 17.7 Å². The van der Waals surface area contributed by atoms with Gasteiger partial charge in [0.15, 0.2) is 5.82 Å². The van der Waals surface area contributed by atoms with Crippen molar-refractivity contribution in [1.82, 2.24) is 30.8 Å². The summed E-state index contributed by atoms with van der Waals surface area (Å²) in [4.78, 5) is 20.0. The first-order valence-electron chi connectivity index (χ1n) is 8.26. The second-order valence-corrected chi connectivity index (χ2v) is 6.39. The first-order chi connectivity index (χ1) is 11.6. The maximum Gasteiger partial charge on any atom is 0.315 e. The Balaban J connectivity index is 1.54. The lowest BCUT2D eigenvalue weighted by Gasteiger charge is -2.15. The largest absolute Gasteiger partial charge is 0.336 e. The van der Waals surface area contributed by atoms with Gasteiger partial charge in [-0.2, -0.15) is 5.10 Å². The van der Waals surface area contributed by atoms with E-state index in [-0.39, 0.29) is 18.1 Å². The summed E-state index contributed by atoms with van der Waals surface area (Å²) in [5, 5.41) is 16.3. The Morgan fingerprint density at radius 1 is 1.29 bits per heavy atom. The first kappa shape index (κ1) is 16.2. The predicted molar refractivity (Wildman–Crippen MR) is 91.1 cm³/mol. The van der Waals surface area contributed by atoms with Gasteiger partial charge in [-0.1, -0.05) is 0 Å². The van der Waals surface area contributed by atoms with E-state index in [1.165, 1.54) is 0 Å². The van der Waals surface area contributed by atoms with Gasteiger partial charge in [-0.05, 0) is 39.2 Å². The average molecular weight is 329 g/mol. The third-order valence-electron chi connectivity index (χ3n) is 4.03. The lowest BCUT2D eigenvalue weighted by atomic mass is 10.0. The van der Waals surface area contributed by atoms with Crippen LogP contribution in [0.15, 0.2) is 24.5 Å². The summed E-state index contributed by atoms with van der Waals surface area (Å²) in [7, 11) is 0. The van der Waals surface area contributed by atoms with E-state index in [2.05, 4.69) is 36.1 Å². The molecule has 1 saturated carbocycles. The van der Waals surface area contributed by atoms with Crippen molar-refractivity contribution in [3.05, 3.63) is 30.2 Å². The van der Waals surface area contributed by atoms with E-state index in [4.69, 9.17) is 0 Å². The van der Waals surface area contributed by atoms with E-state index >= 15 is 0 Å². The van der Waals surface area contributed by atoms with Gasteiger partial charge in [-0.3, -0.25) is 5.10 Å². The molecule has 1 aliphatic rings. The molecule has 1 aliphatic carbocycles. The smallest absolute Gasteiger partial charge is 0.315 e. The summed E-state index contributed by atoms with van der Waals surface area (Å²) < 4.78 is 0. The fourth-order valence-electron chi connectivity index (χ4n) is 2.97. The van der Waals surface area contributed by atoms with Crippen LogP contribution in [0.2, 0.25) is 0 Å². The monoisotopic (exact) mass is 329 g/mol. The number of amides is 2. The number of rotatable bonds is 5. The zero-order valence-corrected chi connectivity index (χ0v) is 13.9. The number of carbonyl (C=O) groups is 1. The summed E-state index contributed by atoms with van der Waals surface area (Å²) in [6, 6.07) is 4.00. The van der Waals surface area contributed by atoms with Gasteiger partial charge in [-0.25, -0.2) is 14.8 Å². The van der Waals surface area contributed by atoms with Crippen LogP contribution < -0.4 is 16.0 Å². The molecule has 1 fully saturated rings. The Bertz CT molecular complexity index is 670. The van der Waals surface area contributed by atoms with E-state index in [1.54, 1.807) is 18.5 Å². The Morgan fingerprint density at radius 2 is 2.08 bits per heavy atom. The number of H-pyrrole nitrogens is 1. The van der Waals surface area contributed by atoms with Crippen LogP contribution >= 0.6 is 0 Å². The third kappa shape index (κ3) is 4.21. The van der Waals surface area contributed by atoms with Crippen molar-refractivity contribution >= 4 is 17.8 Å². The zero-order valence-electron chi connectivity index (χ0n) is 13.9. The van der Waals surface area contributed by atoms with E-state index < -0.39 is 0 Å². The molecule has 2 atom stereocenters. The highest BCUT2D eigenvalue weighted by atomic mass is 16.2. The maximum atomic E-state index is 11.8. The molecule has 4 N–H and O–H groups in total. The normalized spacial score (nSPS) is 20.1. The minimum Gasteiger partial charge on any atom is -0.336 e. The molecule has 0 saturated heterocycles. The lowest BCUT2D eigenvalue weighted by molar-refractivity contribution is 0.234. The van der Waals surface area contributed by atoms with Crippen molar-refractivity contribution in [2.24, 2.45) is 0 Å². The fraction of sp³-hybridized carbons (Fsp3) is 0.500. The molecule has 3 rings (SSSR count). The SMILES string of the molecule is CC(C)NC(=O)N[C@H]1CC[C@@H](c2cc(Nc3ncccn3)n[nH]2)C1. The van der Waals surface area contributed by atoms with Crippen LogP contribution in [0.5, 0.6) is 0 Å². The molecule has 0 unspecified atom stereocenters. The highest BCUT2D eigenvalue weighted by Crippen LogP contribution is 2.34. The number of anilines is 2. The minimum absolute atomic E-state index is 0.0937. The molecule has 8 heteroatoms. The Morgan fingerprint density at radius 3 is 2.83 bits per heavy atom. The number of hydrogen-bond acceptors (Lipinski definition) is 5. The van der Waals surface area contributed by atoms with Gasteiger partial charge in [-0.15, -0.1) is 0 Å². The summed E-state index contributed by atoms with van der Waals surface area (Å²) in [6.07, 6.45) is 6.27. The summed E-state index contributed by atoms with van der Waals surface area (Å²) in [6.45, 7) is 3.90. The Hall–Kier alpha value is -2.64. The number of aromatic amines is 1. The molecule has 0 aromatic carbocycles. The molecule has 2 aromatic heterocycles. The molecule has 8 nitrogen and oxygen atoms in total. The van der Waals surface area contributed by atoms with E-state index in [0.717, 1.165) is 25.0 Å². The van der Waals surface area contributed by atoms with Crippen LogP contribution in [0, 0.1) is 0 Å². The zero-order chi connectivity index (χ0) is 16.9. The van der Waals surface area contributed by atoms with Crippen molar-refractivity contribution in [3.8, 4) is 0 Å². The molecule has 24 heavy (non-hydrogen) atoms. The molecule has 128 valence electrons. The van der Waals surface area contributed by atoms with Gasteiger partial charge in [0, 0.05) is 42.2 Å². The van der Waals surface area contributed by atoms with Crippen molar-refractivity contribution in [2.45, 2.75) is 51.1 Å². The molecular weight excluding hydrogens is 306 g/mol. The highest BCUT2D eigenvalue weighted by molar-refractivity contribution is 5.74. The number of nitrogens with zero attached hydrogens (tertiary/aromatic N) is 3. The molecule has 0 bridgehead atoms. The topological polar surface area (TPSA) is 108 Å². The molecule has 0 aliphatic heterocycles. The molecular formula is C16H23N7O. The second-order valence-electron chi connectivity index (χ2n) is 6.39. The van der Waals surface area contributed by atoms with Crippen LogP contribution in [0.3, 0.4) is 0 Å². The van der Waals surface area contributed by atoms with Crippen LogP contribution in [0.25, 0.3) is 0 Å². The number of aromatic nitrogens is 4. The second kappa shape index (κ2) is 7.29. The van der Waals surface area contributed by atoms with Crippen molar-refractivity contribution in [1.29, 1.82) is 0 Å². The average Bonchev–Trinajstić information content (AvgIpc) is 3.17. The Kier molecular flexibility index (Phi) is 4.93. The summed E-state index contributed by atoms with van der Waals surface area (Å²) in [5.41, 5.74) is 1.07. The fourth-order valence-corrected chi connectivity index (χ4v) is 2.97. The van der Waals surface area contributed by atoms with Crippen LogP contribution in [-0.2, 0) is 0 Å². The van der Waals surface area contributed by atoms with Gasteiger partial charge in [0.2, 0.25) is 5.95 Å². The van der Waals surface area contributed by atoms with Crippen LogP contribution in [0.1, 0.15) is 44.7 Å². The molecule has 0 radical (unpaired) electrons. The molecule has 2 amide bonds. The van der Waals surface area contributed by atoms with Crippen molar-refractivity contribution in [3.63, 3.8) is 0 Å². The van der Waals surface area contributed by atoms with Gasteiger partial charge < -0.3 is 16.0 Å². The molecule has 0 spiro atoms. The maximum absolute atomic E-state index is 11.8. The number of hydrogen-bond donors (Lipinski definition) is 4. The predicted octanol–water partition coefficient (Wildman–Crippen LogP) is 2.29. The number of nitrogens with one attached hydrogen (secondary N) is 4. The molecule has 2 aromatic rings. The van der Waals surface area contributed by atoms with E-state index in [1.807, 2.05) is 19.9 Å². The highest BCUT2D eigenvalue weighted by Gasteiger charge is 2.28. The minimum atomic E-state index is -0.0937. The first-order valence-corrected chi connectivity index (χ1v) is 8.26. The van der Waals surface area contributed by atoms with Crippen LogP contribution in [0.4, 0.5) is 16.6 Å². The lowest BCUT2D eigenvalue weighted by Crippen LogP contribution is -2.43. The van der Waals surface area contributed by atoms with Crippen molar-refractivity contribution < 1.29 is 4.79 Å².